The molecule has 0 radical (unpaired) electrons. The minimum atomic E-state index is -0.0360. The number of fused-ring (bicyclic) bond motifs is 1. The Morgan fingerprint density at radius 1 is 0.459 bits per heavy atom. The largest absolute Gasteiger partial charge is 0.384 e. The molecule has 0 aliphatic rings. The van der Waals surface area contributed by atoms with Crippen molar-refractivity contribution in [1.29, 1.82) is 16.2 Å². The van der Waals surface area contributed by atoms with Crippen LogP contribution >= 0.6 is 0 Å². The van der Waals surface area contributed by atoms with Crippen molar-refractivity contribution >= 4 is 28.3 Å². The van der Waals surface area contributed by atoms with Crippen LogP contribution in [0, 0.1) is 16.2 Å². The Hall–Kier alpha value is -5.23. The van der Waals surface area contributed by atoms with Gasteiger partial charge in [-0.3, -0.25) is 16.2 Å². The fraction of sp³-hybridized carbons (Fsp3) is 0. The third-order valence-electron chi connectivity index (χ3n) is 6.51. The van der Waals surface area contributed by atoms with Gasteiger partial charge in [0.05, 0.1) is 0 Å². The van der Waals surface area contributed by atoms with Gasteiger partial charge in [0.2, 0.25) is 0 Å². The van der Waals surface area contributed by atoms with Gasteiger partial charge in [-0.2, -0.15) is 0 Å². The zero-order valence-corrected chi connectivity index (χ0v) is 20.0. The summed E-state index contributed by atoms with van der Waals surface area (Å²) < 4.78 is 0. The molecule has 0 aromatic heterocycles. The van der Waals surface area contributed by atoms with Gasteiger partial charge in [0.1, 0.15) is 17.5 Å². The summed E-state index contributed by atoms with van der Waals surface area (Å²) in [6.45, 7) is 0. The Balaban J connectivity index is 1.92. The molecule has 0 aliphatic carbocycles. The number of hydrogen-bond acceptors (Lipinski definition) is 3. The molecule has 0 amide bonds. The lowest BCUT2D eigenvalue weighted by molar-refractivity contribution is 1.41. The number of nitrogens with two attached hydrogens (primary N) is 3. The van der Waals surface area contributed by atoms with Crippen molar-refractivity contribution in [3.63, 3.8) is 0 Å². The van der Waals surface area contributed by atoms with Gasteiger partial charge >= 0.3 is 0 Å². The minimum Gasteiger partial charge on any atom is -0.384 e. The van der Waals surface area contributed by atoms with E-state index in [2.05, 4.69) is 6.07 Å². The van der Waals surface area contributed by atoms with Crippen LogP contribution in [0.5, 0.6) is 0 Å². The molecule has 0 saturated heterocycles. The van der Waals surface area contributed by atoms with Crippen LogP contribution in [0.15, 0.2) is 103 Å². The highest BCUT2D eigenvalue weighted by molar-refractivity contribution is 6.11. The smallest absolute Gasteiger partial charge is 0.123 e. The van der Waals surface area contributed by atoms with E-state index in [1.165, 1.54) is 0 Å². The second kappa shape index (κ2) is 9.43. The van der Waals surface area contributed by atoms with Crippen LogP contribution in [0.1, 0.15) is 16.7 Å². The molecule has 5 aromatic rings. The Morgan fingerprint density at radius 3 is 1.84 bits per heavy atom. The summed E-state index contributed by atoms with van der Waals surface area (Å²) in [6.07, 6.45) is 0. The lowest BCUT2D eigenvalue weighted by Crippen LogP contribution is -2.15. The van der Waals surface area contributed by atoms with Crippen molar-refractivity contribution in [2.75, 3.05) is 0 Å². The van der Waals surface area contributed by atoms with Crippen molar-refractivity contribution in [3.8, 4) is 33.4 Å². The predicted molar refractivity (Wildman–Crippen MR) is 153 cm³/mol. The first kappa shape index (κ1) is 23.5. The van der Waals surface area contributed by atoms with E-state index in [0.29, 0.717) is 16.7 Å². The van der Waals surface area contributed by atoms with E-state index in [-0.39, 0.29) is 17.5 Å². The minimum absolute atomic E-state index is 0.00642. The van der Waals surface area contributed by atoms with Crippen LogP contribution in [0.2, 0.25) is 0 Å². The summed E-state index contributed by atoms with van der Waals surface area (Å²) in [4.78, 5) is 0. The third kappa shape index (κ3) is 4.32. The molecule has 0 bridgehead atoms. The average Bonchev–Trinajstić information content (AvgIpc) is 2.92. The Kier molecular flexibility index (Phi) is 5.99. The molecule has 180 valence electrons. The molecule has 5 aromatic carbocycles. The first-order valence-corrected chi connectivity index (χ1v) is 11.7. The average molecular weight is 483 g/mol. The van der Waals surface area contributed by atoms with Crippen LogP contribution in [0.3, 0.4) is 0 Å². The highest BCUT2D eigenvalue weighted by atomic mass is 14.7. The van der Waals surface area contributed by atoms with Gasteiger partial charge in [0.25, 0.3) is 0 Å². The Morgan fingerprint density at radius 2 is 1.14 bits per heavy atom. The maximum Gasteiger partial charge on any atom is 0.123 e. The maximum absolute atomic E-state index is 8.36. The quantitative estimate of drug-likeness (QED) is 0.136. The molecule has 6 nitrogen and oxygen atoms in total. The molecular formula is C31H26N6. The van der Waals surface area contributed by atoms with Gasteiger partial charge in [-0.1, -0.05) is 91.0 Å². The van der Waals surface area contributed by atoms with Gasteiger partial charge in [-0.15, -0.1) is 0 Å². The lowest BCUT2D eigenvalue weighted by atomic mass is 9.83. The fourth-order valence-corrected chi connectivity index (χ4v) is 4.78. The standard InChI is InChI=1S/C31H26N6/c32-29(33)21-13-11-18-10-12-20(16-22(18)17-21)28-24(23-8-4-5-9-25(23)30(34)35)14-15-26(31(36)37)27(28)19-6-2-1-3-7-19/h1-17H,(H3,32,33)(H3,34,35)(H3,36,37). The van der Waals surface area contributed by atoms with E-state index in [0.717, 1.165) is 44.2 Å². The second-order valence-corrected chi connectivity index (χ2v) is 8.84. The van der Waals surface area contributed by atoms with Gasteiger partial charge < -0.3 is 17.2 Å². The van der Waals surface area contributed by atoms with Crippen molar-refractivity contribution in [2.45, 2.75) is 0 Å². The fourth-order valence-electron chi connectivity index (χ4n) is 4.78. The molecular weight excluding hydrogens is 456 g/mol. The first-order chi connectivity index (χ1) is 17.8. The predicted octanol–water partition coefficient (Wildman–Crippen LogP) is 5.69. The van der Waals surface area contributed by atoms with Crippen LogP contribution in [-0.2, 0) is 0 Å². The summed E-state index contributed by atoms with van der Waals surface area (Å²) in [5, 5.41) is 26.4. The highest BCUT2D eigenvalue weighted by Gasteiger charge is 2.21. The zero-order chi connectivity index (χ0) is 26.1. The van der Waals surface area contributed by atoms with E-state index >= 15 is 0 Å². The second-order valence-electron chi connectivity index (χ2n) is 8.84. The number of rotatable bonds is 6. The number of nitrogen functional groups attached to an aromatic ring is 3. The molecule has 0 fully saturated rings. The molecule has 0 heterocycles. The van der Waals surface area contributed by atoms with Crippen LogP contribution in [0.4, 0.5) is 0 Å². The Bertz CT molecular complexity index is 1700. The SMILES string of the molecule is N=C(N)c1ccc2ccc(-c3c(-c4ccccc4C(=N)N)ccc(C(=N)N)c3-c3ccccc3)cc2c1. The molecule has 37 heavy (non-hydrogen) atoms. The maximum atomic E-state index is 8.36. The summed E-state index contributed by atoms with van der Waals surface area (Å²) >= 11 is 0. The normalized spacial score (nSPS) is 10.8. The third-order valence-corrected chi connectivity index (χ3v) is 6.51. The van der Waals surface area contributed by atoms with Crippen molar-refractivity contribution in [3.05, 3.63) is 120 Å². The zero-order valence-electron chi connectivity index (χ0n) is 20.0. The monoisotopic (exact) mass is 482 g/mol. The highest BCUT2D eigenvalue weighted by Crippen LogP contribution is 2.43. The number of benzene rings is 5. The van der Waals surface area contributed by atoms with Crippen molar-refractivity contribution in [1.82, 2.24) is 0 Å². The molecule has 5 rings (SSSR count). The molecule has 9 N–H and O–H groups in total. The molecule has 0 saturated carbocycles. The van der Waals surface area contributed by atoms with Gasteiger partial charge in [0, 0.05) is 22.3 Å². The lowest BCUT2D eigenvalue weighted by Gasteiger charge is -2.21. The Labute approximate surface area is 214 Å². The first-order valence-electron chi connectivity index (χ1n) is 11.7. The topological polar surface area (TPSA) is 150 Å². The van der Waals surface area contributed by atoms with E-state index in [1.54, 1.807) is 0 Å². The van der Waals surface area contributed by atoms with Gasteiger partial charge in [-0.05, 0) is 50.7 Å². The molecule has 0 atom stereocenters. The molecule has 0 spiro atoms. The van der Waals surface area contributed by atoms with E-state index < -0.39 is 0 Å². The summed E-state index contributed by atoms with van der Waals surface area (Å²) in [5.41, 5.74) is 24.9. The molecule has 0 aliphatic heterocycles. The summed E-state index contributed by atoms with van der Waals surface area (Å²) in [6, 6.07) is 33.1. The molecule has 6 heteroatoms. The van der Waals surface area contributed by atoms with Crippen LogP contribution in [-0.4, -0.2) is 17.5 Å². The van der Waals surface area contributed by atoms with Gasteiger partial charge in [-0.25, -0.2) is 0 Å². The van der Waals surface area contributed by atoms with E-state index in [9.17, 15) is 0 Å². The van der Waals surface area contributed by atoms with E-state index in [4.69, 9.17) is 33.4 Å². The van der Waals surface area contributed by atoms with Crippen LogP contribution in [0.25, 0.3) is 44.2 Å². The van der Waals surface area contributed by atoms with Gasteiger partial charge in [0.15, 0.2) is 0 Å². The van der Waals surface area contributed by atoms with E-state index in [1.807, 2.05) is 97.1 Å². The summed E-state index contributed by atoms with van der Waals surface area (Å²) in [7, 11) is 0. The number of hydrogen-bond donors (Lipinski definition) is 6. The molecule has 0 unspecified atom stereocenters. The number of amidine groups is 3. The van der Waals surface area contributed by atoms with Crippen molar-refractivity contribution in [2.24, 2.45) is 17.2 Å². The summed E-state index contributed by atoms with van der Waals surface area (Å²) in [5.74, 6) is -0.0545. The van der Waals surface area contributed by atoms with Crippen molar-refractivity contribution < 1.29 is 0 Å². The number of nitrogens with one attached hydrogen (secondary N) is 3. The van der Waals surface area contributed by atoms with Crippen LogP contribution < -0.4 is 17.2 Å².